The van der Waals surface area contributed by atoms with Gasteiger partial charge < -0.3 is 5.73 Å². The van der Waals surface area contributed by atoms with Crippen LogP contribution in [0, 0.1) is 6.92 Å². The second-order valence-corrected chi connectivity index (χ2v) is 2.93. The molecule has 1 aromatic rings. The standard InChI is InChI=1S/C10H15N/c1-3-10(11)9-6-4-8(2)5-7-9/h4-7,10H,3,11H2,1-2H3/t10-/m0/s1. The van der Waals surface area contributed by atoms with Crippen molar-refractivity contribution < 1.29 is 0 Å². The van der Waals surface area contributed by atoms with Crippen molar-refractivity contribution in [2.45, 2.75) is 26.3 Å². The van der Waals surface area contributed by atoms with Crippen LogP contribution in [0.1, 0.15) is 30.5 Å². The first-order valence-corrected chi connectivity index (χ1v) is 4.06. The summed E-state index contributed by atoms with van der Waals surface area (Å²) in [6, 6.07) is 8.61. The van der Waals surface area contributed by atoms with Crippen molar-refractivity contribution in [3.63, 3.8) is 0 Å². The van der Waals surface area contributed by atoms with Gasteiger partial charge in [0.25, 0.3) is 0 Å². The van der Waals surface area contributed by atoms with Crippen molar-refractivity contribution in [2.75, 3.05) is 0 Å². The van der Waals surface area contributed by atoms with Crippen molar-refractivity contribution in [3.8, 4) is 0 Å². The molecule has 60 valence electrons. The Morgan fingerprint density at radius 2 is 1.82 bits per heavy atom. The van der Waals surface area contributed by atoms with Gasteiger partial charge in [0.1, 0.15) is 0 Å². The Labute approximate surface area is 68.2 Å². The van der Waals surface area contributed by atoms with Gasteiger partial charge in [0.15, 0.2) is 0 Å². The molecule has 0 unspecified atom stereocenters. The molecule has 0 amide bonds. The molecular formula is C10H15N. The average molecular weight is 149 g/mol. The van der Waals surface area contributed by atoms with Gasteiger partial charge >= 0.3 is 0 Å². The van der Waals surface area contributed by atoms with Gasteiger partial charge in [-0.1, -0.05) is 36.8 Å². The lowest BCUT2D eigenvalue weighted by Gasteiger charge is -2.08. The van der Waals surface area contributed by atoms with Crippen LogP contribution in [0.3, 0.4) is 0 Å². The van der Waals surface area contributed by atoms with Gasteiger partial charge in [-0.15, -0.1) is 0 Å². The fourth-order valence-electron chi connectivity index (χ4n) is 1.05. The summed E-state index contributed by atoms with van der Waals surface area (Å²) < 4.78 is 0. The van der Waals surface area contributed by atoms with Gasteiger partial charge in [0, 0.05) is 6.04 Å². The van der Waals surface area contributed by atoms with E-state index in [0.29, 0.717) is 0 Å². The van der Waals surface area contributed by atoms with Crippen molar-refractivity contribution in [2.24, 2.45) is 5.73 Å². The summed E-state index contributed by atoms with van der Waals surface area (Å²) >= 11 is 0. The number of hydrogen-bond acceptors (Lipinski definition) is 1. The van der Waals surface area contributed by atoms with Gasteiger partial charge in [0.2, 0.25) is 0 Å². The number of hydrogen-bond donors (Lipinski definition) is 1. The van der Waals surface area contributed by atoms with Gasteiger partial charge in [-0.05, 0) is 18.9 Å². The van der Waals surface area contributed by atoms with Crippen LogP contribution in [-0.4, -0.2) is 0 Å². The van der Waals surface area contributed by atoms with Crippen molar-refractivity contribution in [1.82, 2.24) is 0 Å². The third-order valence-corrected chi connectivity index (χ3v) is 1.95. The van der Waals surface area contributed by atoms with Crippen LogP contribution in [0.5, 0.6) is 0 Å². The highest BCUT2D eigenvalue weighted by atomic mass is 14.6. The van der Waals surface area contributed by atoms with Gasteiger partial charge in [-0.25, -0.2) is 0 Å². The molecule has 0 aromatic heterocycles. The lowest BCUT2D eigenvalue weighted by atomic mass is 10.0. The molecule has 0 fully saturated rings. The molecule has 0 bridgehead atoms. The molecule has 1 nitrogen and oxygen atoms in total. The maximum absolute atomic E-state index is 5.84. The third kappa shape index (κ3) is 2.05. The summed E-state index contributed by atoms with van der Waals surface area (Å²) in [5.74, 6) is 0. The Morgan fingerprint density at radius 3 is 2.27 bits per heavy atom. The fourth-order valence-corrected chi connectivity index (χ4v) is 1.05. The lowest BCUT2D eigenvalue weighted by molar-refractivity contribution is 0.698. The highest BCUT2D eigenvalue weighted by Gasteiger charge is 2.00. The Kier molecular flexibility index (Phi) is 2.66. The SMILES string of the molecule is CC[C@H](N)c1ccc(C)cc1. The molecule has 0 saturated heterocycles. The Bertz CT molecular complexity index is 213. The first-order valence-electron chi connectivity index (χ1n) is 4.06. The van der Waals surface area contributed by atoms with E-state index in [1.165, 1.54) is 11.1 Å². The molecule has 0 heterocycles. The third-order valence-electron chi connectivity index (χ3n) is 1.95. The number of rotatable bonds is 2. The van der Waals surface area contributed by atoms with E-state index in [0.717, 1.165) is 6.42 Å². The van der Waals surface area contributed by atoms with E-state index >= 15 is 0 Å². The summed E-state index contributed by atoms with van der Waals surface area (Å²) in [6.07, 6.45) is 1.00. The largest absolute Gasteiger partial charge is 0.324 e. The predicted molar refractivity (Wildman–Crippen MR) is 48.4 cm³/mol. The van der Waals surface area contributed by atoms with E-state index in [2.05, 4.69) is 38.1 Å². The second kappa shape index (κ2) is 3.54. The first kappa shape index (κ1) is 8.28. The van der Waals surface area contributed by atoms with Crippen LogP contribution in [0.2, 0.25) is 0 Å². The number of aryl methyl sites for hydroxylation is 1. The predicted octanol–water partition coefficient (Wildman–Crippen LogP) is 2.40. The fraction of sp³-hybridized carbons (Fsp3) is 0.400. The van der Waals surface area contributed by atoms with E-state index in [1.807, 2.05) is 0 Å². The molecule has 0 saturated carbocycles. The minimum absolute atomic E-state index is 0.204. The summed E-state index contributed by atoms with van der Waals surface area (Å²) in [5, 5.41) is 0. The summed E-state index contributed by atoms with van der Waals surface area (Å²) in [5.41, 5.74) is 8.37. The monoisotopic (exact) mass is 149 g/mol. The molecule has 1 heteroatoms. The maximum Gasteiger partial charge on any atom is 0.0292 e. The Balaban J connectivity index is 2.81. The molecule has 1 aromatic carbocycles. The summed E-state index contributed by atoms with van der Waals surface area (Å²) in [7, 11) is 0. The van der Waals surface area contributed by atoms with Crippen LogP contribution in [-0.2, 0) is 0 Å². The zero-order valence-electron chi connectivity index (χ0n) is 7.17. The van der Waals surface area contributed by atoms with Crippen molar-refractivity contribution >= 4 is 0 Å². The minimum atomic E-state index is 0.204. The van der Waals surface area contributed by atoms with E-state index in [1.54, 1.807) is 0 Å². The van der Waals surface area contributed by atoms with Crippen LogP contribution in [0.25, 0.3) is 0 Å². The highest BCUT2D eigenvalue weighted by Crippen LogP contribution is 2.13. The van der Waals surface area contributed by atoms with Crippen LogP contribution >= 0.6 is 0 Å². The lowest BCUT2D eigenvalue weighted by Crippen LogP contribution is -2.07. The molecule has 11 heavy (non-hydrogen) atoms. The molecule has 0 aliphatic rings. The van der Waals surface area contributed by atoms with E-state index in [-0.39, 0.29) is 6.04 Å². The van der Waals surface area contributed by atoms with Crippen LogP contribution < -0.4 is 5.73 Å². The van der Waals surface area contributed by atoms with Crippen LogP contribution in [0.4, 0.5) is 0 Å². The molecule has 0 aliphatic carbocycles. The highest BCUT2D eigenvalue weighted by molar-refractivity contribution is 5.23. The molecular weight excluding hydrogens is 134 g/mol. The second-order valence-electron chi connectivity index (χ2n) is 2.93. The summed E-state index contributed by atoms with van der Waals surface area (Å²) in [6.45, 7) is 4.19. The smallest absolute Gasteiger partial charge is 0.0292 e. The van der Waals surface area contributed by atoms with Gasteiger partial charge in [-0.3, -0.25) is 0 Å². The molecule has 0 spiro atoms. The zero-order valence-corrected chi connectivity index (χ0v) is 7.17. The molecule has 1 atom stereocenters. The summed E-state index contributed by atoms with van der Waals surface area (Å²) in [4.78, 5) is 0. The molecule has 0 radical (unpaired) electrons. The molecule has 1 rings (SSSR count). The topological polar surface area (TPSA) is 26.0 Å². The normalized spacial score (nSPS) is 13.0. The van der Waals surface area contributed by atoms with Gasteiger partial charge in [0.05, 0.1) is 0 Å². The Morgan fingerprint density at radius 1 is 1.27 bits per heavy atom. The molecule has 2 N–H and O–H groups in total. The van der Waals surface area contributed by atoms with Crippen molar-refractivity contribution in [1.29, 1.82) is 0 Å². The number of benzene rings is 1. The molecule has 0 aliphatic heterocycles. The Hall–Kier alpha value is -0.820. The van der Waals surface area contributed by atoms with E-state index in [4.69, 9.17) is 5.73 Å². The zero-order chi connectivity index (χ0) is 8.27. The van der Waals surface area contributed by atoms with Crippen LogP contribution in [0.15, 0.2) is 24.3 Å². The van der Waals surface area contributed by atoms with Crippen molar-refractivity contribution in [3.05, 3.63) is 35.4 Å². The van der Waals surface area contributed by atoms with E-state index in [9.17, 15) is 0 Å². The minimum Gasteiger partial charge on any atom is -0.324 e. The quantitative estimate of drug-likeness (QED) is 0.686. The maximum atomic E-state index is 5.84. The first-order chi connectivity index (χ1) is 5.24. The van der Waals surface area contributed by atoms with Gasteiger partial charge in [-0.2, -0.15) is 0 Å². The average Bonchev–Trinajstić information content (AvgIpc) is 2.05. The number of nitrogens with two attached hydrogens (primary N) is 1. The van der Waals surface area contributed by atoms with E-state index < -0.39 is 0 Å².